The SMILES string of the molecule is NC1=NC(c2ncc(CS)s2)=CCC1. The molecule has 0 spiro atoms. The Morgan fingerprint density at radius 3 is 3.07 bits per heavy atom. The smallest absolute Gasteiger partial charge is 0.141 e. The number of rotatable bonds is 2. The highest BCUT2D eigenvalue weighted by Crippen LogP contribution is 2.25. The van der Waals surface area contributed by atoms with Crippen molar-refractivity contribution >= 4 is 35.5 Å². The molecule has 0 saturated heterocycles. The number of nitrogens with two attached hydrogens (primary N) is 1. The number of amidine groups is 1. The third kappa shape index (κ3) is 1.99. The molecule has 0 aliphatic carbocycles. The molecule has 14 heavy (non-hydrogen) atoms. The summed E-state index contributed by atoms with van der Waals surface area (Å²) < 4.78 is 0. The Labute approximate surface area is 92.2 Å². The van der Waals surface area contributed by atoms with Crippen molar-refractivity contribution in [3.8, 4) is 0 Å². The van der Waals surface area contributed by atoms with Gasteiger partial charge >= 0.3 is 0 Å². The average molecular weight is 225 g/mol. The Morgan fingerprint density at radius 2 is 2.43 bits per heavy atom. The minimum absolute atomic E-state index is 0.699. The number of aromatic nitrogens is 1. The third-order valence-electron chi connectivity index (χ3n) is 1.93. The van der Waals surface area contributed by atoms with Gasteiger partial charge in [0.05, 0.1) is 5.70 Å². The van der Waals surface area contributed by atoms with E-state index in [0.717, 1.165) is 34.2 Å². The lowest BCUT2D eigenvalue weighted by Gasteiger charge is -2.06. The van der Waals surface area contributed by atoms with Crippen molar-refractivity contribution in [3.05, 3.63) is 22.2 Å². The van der Waals surface area contributed by atoms with Gasteiger partial charge in [-0.15, -0.1) is 11.3 Å². The minimum Gasteiger partial charge on any atom is -0.387 e. The molecule has 3 nitrogen and oxygen atoms in total. The standard InChI is InChI=1S/C9H11N3S2/c10-8-3-1-2-7(12-8)9-11-4-6(5-13)14-9/h2,4,13H,1,3,5H2,(H2,10,12). The van der Waals surface area contributed by atoms with Crippen LogP contribution in [0.15, 0.2) is 17.3 Å². The molecule has 0 atom stereocenters. The Morgan fingerprint density at radius 1 is 1.57 bits per heavy atom. The van der Waals surface area contributed by atoms with Crippen LogP contribution in [0.5, 0.6) is 0 Å². The average Bonchev–Trinajstić information content (AvgIpc) is 2.66. The summed E-state index contributed by atoms with van der Waals surface area (Å²) in [5.74, 6) is 1.43. The van der Waals surface area contributed by atoms with E-state index in [2.05, 4.69) is 28.7 Å². The van der Waals surface area contributed by atoms with Gasteiger partial charge in [0, 0.05) is 23.2 Å². The lowest BCUT2D eigenvalue weighted by molar-refractivity contribution is 1.05. The van der Waals surface area contributed by atoms with Crippen molar-refractivity contribution in [1.29, 1.82) is 0 Å². The molecule has 1 aliphatic heterocycles. The predicted octanol–water partition coefficient (Wildman–Crippen LogP) is 2.06. The molecule has 1 aromatic rings. The molecule has 0 unspecified atom stereocenters. The van der Waals surface area contributed by atoms with E-state index in [1.165, 1.54) is 0 Å². The number of thiazole rings is 1. The fourth-order valence-electron chi connectivity index (χ4n) is 1.25. The second-order valence-electron chi connectivity index (χ2n) is 3.02. The summed E-state index contributed by atoms with van der Waals surface area (Å²) in [5.41, 5.74) is 6.58. The Balaban J connectivity index is 2.27. The molecule has 0 aromatic carbocycles. The Hall–Kier alpha value is -0.810. The van der Waals surface area contributed by atoms with Gasteiger partial charge in [-0.05, 0) is 6.42 Å². The summed E-state index contributed by atoms with van der Waals surface area (Å²) in [4.78, 5) is 9.72. The lowest BCUT2D eigenvalue weighted by Crippen LogP contribution is -2.13. The lowest BCUT2D eigenvalue weighted by atomic mass is 10.2. The Kier molecular flexibility index (Phi) is 2.88. The molecule has 2 N–H and O–H groups in total. The first kappa shape index (κ1) is 9.73. The number of hydrogen-bond donors (Lipinski definition) is 2. The van der Waals surface area contributed by atoms with E-state index in [9.17, 15) is 0 Å². The van der Waals surface area contributed by atoms with Gasteiger partial charge in [0.25, 0.3) is 0 Å². The molecular weight excluding hydrogens is 214 g/mol. The quantitative estimate of drug-likeness (QED) is 0.757. The first-order valence-corrected chi connectivity index (χ1v) is 5.83. The summed E-state index contributed by atoms with van der Waals surface area (Å²) in [6.07, 6.45) is 5.74. The highest BCUT2D eigenvalue weighted by atomic mass is 32.1. The van der Waals surface area contributed by atoms with Crippen LogP contribution < -0.4 is 5.73 Å². The van der Waals surface area contributed by atoms with E-state index < -0.39 is 0 Å². The fraction of sp³-hybridized carbons (Fsp3) is 0.333. The van der Waals surface area contributed by atoms with Crippen LogP contribution in [0.1, 0.15) is 22.7 Å². The van der Waals surface area contributed by atoms with Crippen molar-refractivity contribution in [2.24, 2.45) is 10.7 Å². The number of nitrogens with zero attached hydrogens (tertiary/aromatic N) is 2. The van der Waals surface area contributed by atoms with Crippen LogP contribution in [0.4, 0.5) is 0 Å². The molecule has 2 heterocycles. The van der Waals surface area contributed by atoms with Crippen LogP contribution in [-0.2, 0) is 5.75 Å². The van der Waals surface area contributed by atoms with E-state index in [4.69, 9.17) is 5.73 Å². The molecule has 1 aromatic heterocycles. The highest BCUT2D eigenvalue weighted by Gasteiger charge is 2.09. The summed E-state index contributed by atoms with van der Waals surface area (Å²) in [5, 5.41) is 0.941. The van der Waals surface area contributed by atoms with Crippen LogP contribution in [-0.4, -0.2) is 10.8 Å². The first-order valence-electron chi connectivity index (χ1n) is 4.38. The molecule has 2 rings (SSSR count). The number of aliphatic imine (C=N–C) groups is 1. The zero-order valence-corrected chi connectivity index (χ0v) is 9.31. The third-order valence-corrected chi connectivity index (χ3v) is 3.51. The van der Waals surface area contributed by atoms with Gasteiger partial charge in [0.1, 0.15) is 10.8 Å². The number of allylic oxidation sites excluding steroid dienone is 1. The van der Waals surface area contributed by atoms with Crippen molar-refractivity contribution in [2.75, 3.05) is 0 Å². The van der Waals surface area contributed by atoms with Crippen molar-refractivity contribution < 1.29 is 0 Å². The molecule has 0 radical (unpaired) electrons. The van der Waals surface area contributed by atoms with Crippen LogP contribution in [0.25, 0.3) is 5.70 Å². The summed E-state index contributed by atoms with van der Waals surface area (Å²) in [6, 6.07) is 0. The van der Waals surface area contributed by atoms with Crippen molar-refractivity contribution in [1.82, 2.24) is 4.98 Å². The second kappa shape index (κ2) is 4.14. The normalized spacial score (nSPS) is 16.4. The van der Waals surface area contributed by atoms with Gasteiger partial charge < -0.3 is 5.73 Å². The first-order chi connectivity index (χ1) is 6.79. The Bertz CT molecular complexity index is 393. The van der Waals surface area contributed by atoms with Crippen molar-refractivity contribution in [2.45, 2.75) is 18.6 Å². The zero-order chi connectivity index (χ0) is 9.97. The van der Waals surface area contributed by atoms with E-state index >= 15 is 0 Å². The van der Waals surface area contributed by atoms with Crippen LogP contribution in [0, 0.1) is 0 Å². The van der Waals surface area contributed by atoms with Gasteiger partial charge in [-0.2, -0.15) is 12.6 Å². The maximum absolute atomic E-state index is 5.67. The maximum Gasteiger partial charge on any atom is 0.141 e. The van der Waals surface area contributed by atoms with Crippen molar-refractivity contribution in [3.63, 3.8) is 0 Å². The molecule has 74 valence electrons. The maximum atomic E-state index is 5.67. The van der Waals surface area contributed by atoms with Gasteiger partial charge in [-0.1, -0.05) is 6.08 Å². The van der Waals surface area contributed by atoms with Crippen LogP contribution in [0.3, 0.4) is 0 Å². The van der Waals surface area contributed by atoms with E-state index in [1.54, 1.807) is 11.3 Å². The molecule has 5 heteroatoms. The largest absolute Gasteiger partial charge is 0.387 e. The van der Waals surface area contributed by atoms with Gasteiger partial charge in [0.15, 0.2) is 0 Å². The highest BCUT2D eigenvalue weighted by molar-refractivity contribution is 7.79. The van der Waals surface area contributed by atoms with Gasteiger partial charge in [0.2, 0.25) is 0 Å². The molecule has 0 saturated carbocycles. The number of thiol groups is 1. The molecule has 0 bridgehead atoms. The van der Waals surface area contributed by atoms with Crippen LogP contribution in [0.2, 0.25) is 0 Å². The fourth-order valence-corrected chi connectivity index (χ4v) is 2.28. The number of hydrogen-bond acceptors (Lipinski definition) is 5. The second-order valence-corrected chi connectivity index (χ2v) is 4.45. The summed E-state index contributed by atoms with van der Waals surface area (Å²) in [6.45, 7) is 0. The van der Waals surface area contributed by atoms with E-state index in [-0.39, 0.29) is 0 Å². The molecule has 1 aliphatic rings. The zero-order valence-electron chi connectivity index (χ0n) is 7.60. The van der Waals surface area contributed by atoms with Crippen LogP contribution >= 0.6 is 24.0 Å². The topological polar surface area (TPSA) is 51.3 Å². The molecule has 0 fully saturated rings. The summed E-state index contributed by atoms with van der Waals surface area (Å²) >= 11 is 5.82. The monoisotopic (exact) mass is 225 g/mol. The van der Waals surface area contributed by atoms with E-state index in [0.29, 0.717) is 5.84 Å². The predicted molar refractivity (Wildman–Crippen MR) is 63.6 cm³/mol. The summed E-state index contributed by atoms with van der Waals surface area (Å²) in [7, 11) is 0. The molecule has 0 amide bonds. The van der Waals surface area contributed by atoms with Gasteiger partial charge in [-0.25, -0.2) is 9.98 Å². The van der Waals surface area contributed by atoms with E-state index in [1.807, 2.05) is 6.20 Å². The molecular formula is C9H11N3S2. The van der Waals surface area contributed by atoms with Gasteiger partial charge in [-0.3, -0.25) is 0 Å². The minimum atomic E-state index is 0.699.